The lowest BCUT2D eigenvalue weighted by atomic mass is 9.96. The van der Waals surface area contributed by atoms with Crippen LogP contribution < -0.4 is 20.5 Å². The van der Waals surface area contributed by atoms with Crippen LogP contribution in [-0.2, 0) is 6.54 Å². The largest absolute Gasteiger partial charge is 0.454 e. The molecule has 1 aliphatic rings. The van der Waals surface area contributed by atoms with E-state index in [0.717, 1.165) is 42.1 Å². The maximum atomic E-state index is 6.09. The maximum Gasteiger partial charge on any atom is 0.231 e. The van der Waals surface area contributed by atoms with Crippen molar-refractivity contribution in [3.8, 4) is 11.5 Å². The highest BCUT2D eigenvalue weighted by Gasteiger charge is 2.14. The highest BCUT2D eigenvalue weighted by molar-refractivity contribution is 6.42. The van der Waals surface area contributed by atoms with Crippen molar-refractivity contribution in [1.82, 2.24) is 5.32 Å². The Morgan fingerprint density at radius 3 is 2.67 bits per heavy atom. The number of halogens is 2. The molecular weight excluding hydrogens is 347 g/mol. The Labute approximate surface area is 151 Å². The lowest BCUT2D eigenvalue weighted by molar-refractivity contribution is 0.174. The minimum atomic E-state index is 0.254. The topological polar surface area (TPSA) is 56.5 Å². The number of ether oxygens (including phenoxy) is 2. The summed E-state index contributed by atoms with van der Waals surface area (Å²) in [5, 5.41) is 4.58. The minimum Gasteiger partial charge on any atom is -0.454 e. The summed E-state index contributed by atoms with van der Waals surface area (Å²) >= 11 is 12.1. The highest BCUT2D eigenvalue weighted by Crippen LogP contribution is 2.32. The molecule has 4 nitrogen and oxygen atoms in total. The molecule has 2 aromatic carbocycles. The first-order valence-electron chi connectivity index (χ1n) is 7.91. The summed E-state index contributed by atoms with van der Waals surface area (Å²) in [6.07, 6.45) is 0.930. The van der Waals surface area contributed by atoms with E-state index in [0.29, 0.717) is 23.4 Å². The third-order valence-electron chi connectivity index (χ3n) is 4.14. The predicted molar refractivity (Wildman–Crippen MR) is 97.1 cm³/mol. The van der Waals surface area contributed by atoms with E-state index in [9.17, 15) is 0 Å². The average molecular weight is 367 g/mol. The standard InChI is InChI=1S/C18H20Cl2N2O2/c19-15-3-2-13(8-16(15)20)14(9-21)5-6-22-10-12-1-4-17-18(7-12)24-11-23-17/h1-4,7-8,14,22H,5-6,9-11,21H2. The predicted octanol–water partition coefficient (Wildman–Crippen LogP) is 3.94. The molecule has 0 aliphatic carbocycles. The lowest BCUT2D eigenvalue weighted by Gasteiger charge is -2.16. The molecule has 0 aromatic heterocycles. The number of benzene rings is 2. The van der Waals surface area contributed by atoms with Gasteiger partial charge in [-0.3, -0.25) is 0 Å². The van der Waals surface area contributed by atoms with Crippen LogP contribution in [0.2, 0.25) is 10.0 Å². The number of nitrogens with two attached hydrogens (primary N) is 1. The molecule has 0 radical (unpaired) electrons. The Morgan fingerprint density at radius 1 is 1.04 bits per heavy atom. The molecule has 1 aliphatic heterocycles. The zero-order valence-corrected chi connectivity index (χ0v) is 14.7. The van der Waals surface area contributed by atoms with Crippen molar-refractivity contribution in [2.75, 3.05) is 19.9 Å². The van der Waals surface area contributed by atoms with Gasteiger partial charge in [-0.05, 0) is 60.8 Å². The van der Waals surface area contributed by atoms with Crippen molar-refractivity contribution in [3.63, 3.8) is 0 Å². The average Bonchev–Trinajstić information content (AvgIpc) is 3.05. The molecule has 0 amide bonds. The van der Waals surface area contributed by atoms with Gasteiger partial charge in [-0.2, -0.15) is 0 Å². The molecule has 0 fully saturated rings. The Bertz CT molecular complexity index is 709. The van der Waals surface area contributed by atoms with Gasteiger partial charge in [0.2, 0.25) is 6.79 Å². The quantitative estimate of drug-likeness (QED) is 0.728. The van der Waals surface area contributed by atoms with Crippen LogP contribution in [0.4, 0.5) is 0 Å². The number of hydrogen-bond donors (Lipinski definition) is 2. The van der Waals surface area contributed by atoms with Gasteiger partial charge in [0.05, 0.1) is 10.0 Å². The molecule has 0 saturated heterocycles. The van der Waals surface area contributed by atoms with Crippen LogP contribution in [0.1, 0.15) is 23.5 Å². The first kappa shape index (κ1) is 17.4. The van der Waals surface area contributed by atoms with Crippen LogP contribution in [0, 0.1) is 0 Å². The van der Waals surface area contributed by atoms with E-state index in [2.05, 4.69) is 5.32 Å². The molecule has 1 unspecified atom stereocenters. The van der Waals surface area contributed by atoms with Gasteiger partial charge in [0.25, 0.3) is 0 Å². The van der Waals surface area contributed by atoms with Crippen molar-refractivity contribution in [3.05, 3.63) is 57.6 Å². The summed E-state index contributed by atoms with van der Waals surface area (Å²) in [7, 11) is 0. The van der Waals surface area contributed by atoms with E-state index in [4.69, 9.17) is 38.4 Å². The first-order chi connectivity index (χ1) is 11.7. The van der Waals surface area contributed by atoms with Crippen LogP contribution in [0.3, 0.4) is 0 Å². The Balaban J connectivity index is 1.50. The minimum absolute atomic E-state index is 0.254. The number of hydrogen-bond acceptors (Lipinski definition) is 4. The van der Waals surface area contributed by atoms with E-state index in [1.807, 2.05) is 36.4 Å². The second-order valence-corrected chi connectivity index (χ2v) is 6.57. The molecule has 3 rings (SSSR count). The second kappa shape index (κ2) is 8.08. The summed E-state index contributed by atoms with van der Waals surface area (Å²) in [4.78, 5) is 0. The van der Waals surface area contributed by atoms with Gasteiger partial charge < -0.3 is 20.5 Å². The summed E-state index contributed by atoms with van der Waals surface area (Å²) in [6, 6.07) is 11.7. The zero-order chi connectivity index (χ0) is 16.9. The molecule has 1 heterocycles. The first-order valence-corrected chi connectivity index (χ1v) is 8.67. The van der Waals surface area contributed by atoms with Crippen LogP contribution in [0.25, 0.3) is 0 Å². The zero-order valence-electron chi connectivity index (χ0n) is 13.2. The Morgan fingerprint density at radius 2 is 1.88 bits per heavy atom. The molecular formula is C18H20Cl2N2O2. The van der Waals surface area contributed by atoms with Gasteiger partial charge in [-0.25, -0.2) is 0 Å². The SMILES string of the molecule is NCC(CCNCc1ccc2c(c1)OCO2)c1ccc(Cl)c(Cl)c1. The Hall–Kier alpha value is -1.46. The van der Waals surface area contributed by atoms with Gasteiger partial charge in [0.15, 0.2) is 11.5 Å². The van der Waals surface area contributed by atoms with Gasteiger partial charge >= 0.3 is 0 Å². The third kappa shape index (κ3) is 4.14. The van der Waals surface area contributed by atoms with Crippen molar-refractivity contribution in [1.29, 1.82) is 0 Å². The molecule has 2 aromatic rings. The summed E-state index contributed by atoms with van der Waals surface area (Å²) in [5.74, 6) is 1.87. The fraction of sp³-hybridized carbons (Fsp3) is 0.333. The van der Waals surface area contributed by atoms with Gasteiger partial charge in [0.1, 0.15) is 0 Å². The third-order valence-corrected chi connectivity index (χ3v) is 4.87. The monoisotopic (exact) mass is 366 g/mol. The molecule has 24 heavy (non-hydrogen) atoms. The smallest absolute Gasteiger partial charge is 0.231 e. The van der Waals surface area contributed by atoms with Crippen LogP contribution >= 0.6 is 23.2 Å². The van der Waals surface area contributed by atoms with Crippen molar-refractivity contribution in [2.45, 2.75) is 18.9 Å². The molecule has 6 heteroatoms. The maximum absolute atomic E-state index is 6.09. The number of fused-ring (bicyclic) bond motifs is 1. The molecule has 128 valence electrons. The highest BCUT2D eigenvalue weighted by atomic mass is 35.5. The molecule has 0 spiro atoms. The van der Waals surface area contributed by atoms with Gasteiger partial charge in [-0.15, -0.1) is 0 Å². The molecule has 3 N–H and O–H groups in total. The summed E-state index contributed by atoms with van der Waals surface area (Å²) in [6.45, 7) is 2.50. The molecule has 1 atom stereocenters. The van der Waals surface area contributed by atoms with Crippen molar-refractivity contribution < 1.29 is 9.47 Å². The van der Waals surface area contributed by atoms with E-state index in [1.54, 1.807) is 0 Å². The molecule has 0 saturated carbocycles. The van der Waals surface area contributed by atoms with Gasteiger partial charge in [-0.1, -0.05) is 35.3 Å². The van der Waals surface area contributed by atoms with E-state index >= 15 is 0 Å². The van der Waals surface area contributed by atoms with E-state index < -0.39 is 0 Å². The van der Waals surface area contributed by atoms with Crippen LogP contribution in [0.15, 0.2) is 36.4 Å². The van der Waals surface area contributed by atoms with Crippen molar-refractivity contribution in [2.24, 2.45) is 5.73 Å². The van der Waals surface area contributed by atoms with Crippen molar-refractivity contribution >= 4 is 23.2 Å². The van der Waals surface area contributed by atoms with Crippen LogP contribution in [0.5, 0.6) is 11.5 Å². The number of rotatable bonds is 7. The lowest BCUT2D eigenvalue weighted by Crippen LogP contribution is -2.21. The number of nitrogens with one attached hydrogen (secondary N) is 1. The van der Waals surface area contributed by atoms with Gasteiger partial charge in [0, 0.05) is 6.54 Å². The normalized spacial score (nSPS) is 14.0. The van der Waals surface area contributed by atoms with E-state index in [-0.39, 0.29) is 5.92 Å². The summed E-state index contributed by atoms with van der Waals surface area (Å²) in [5.41, 5.74) is 8.20. The Kier molecular flexibility index (Phi) is 5.85. The fourth-order valence-electron chi connectivity index (χ4n) is 2.75. The van der Waals surface area contributed by atoms with Crippen LogP contribution in [-0.4, -0.2) is 19.9 Å². The van der Waals surface area contributed by atoms with E-state index in [1.165, 1.54) is 0 Å². The summed E-state index contributed by atoms with van der Waals surface area (Å²) < 4.78 is 10.7. The molecule has 0 bridgehead atoms. The second-order valence-electron chi connectivity index (χ2n) is 5.76. The fourth-order valence-corrected chi connectivity index (χ4v) is 3.05.